The van der Waals surface area contributed by atoms with Crippen LogP contribution in [0, 0.1) is 5.82 Å². The van der Waals surface area contributed by atoms with Crippen LogP contribution in [0.15, 0.2) is 41.3 Å². The van der Waals surface area contributed by atoms with Crippen molar-refractivity contribution in [1.29, 1.82) is 0 Å². The highest BCUT2D eigenvalue weighted by Crippen LogP contribution is 2.35. The van der Waals surface area contributed by atoms with Crippen molar-refractivity contribution >= 4 is 22.4 Å². The van der Waals surface area contributed by atoms with Gasteiger partial charge in [-0.25, -0.2) is 13.7 Å². The average molecular weight is 377 g/mol. The summed E-state index contributed by atoms with van der Waals surface area (Å²) in [6, 6.07) is 10.5. The molecule has 0 amide bonds. The van der Waals surface area contributed by atoms with Crippen LogP contribution in [0.1, 0.15) is 12.8 Å². The van der Waals surface area contributed by atoms with Gasteiger partial charge >= 0.3 is 0 Å². The van der Waals surface area contributed by atoms with E-state index in [-0.39, 0.29) is 12.8 Å². The molecule has 0 aliphatic carbocycles. The van der Waals surface area contributed by atoms with Gasteiger partial charge in [0.1, 0.15) is 16.8 Å². The van der Waals surface area contributed by atoms with Crippen molar-refractivity contribution in [2.45, 2.75) is 23.8 Å². The van der Waals surface area contributed by atoms with Gasteiger partial charge in [0.15, 0.2) is 11.5 Å². The van der Waals surface area contributed by atoms with Crippen molar-refractivity contribution in [3.05, 3.63) is 42.2 Å². The Kier molecular flexibility index (Phi) is 4.69. The fraction of sp³-hybridized carbons (Fsp3) is 0.333. The Morgan fingerprint density at radius 3 is 2.85 bits per heavy atom. The number of hydrogen-bond acceptors (Lipinski definition) is 5. The Hall–Kier alpha value is -2.32. The van der Waals surface area contributed by atoms with Gasteiger partial charge in [-0.15, -0.1) is 0 Å². The lowest BCUT2D eigenvalue weighted by Crippen LogP contribution is -2.42. The minimum Gasteiger partial charge on any atom is -0.454 e. The number of benzene rings is 2. The molecule has 0 radical (unpaired) electrons. The summed E-state index contributed by atoms with van der Waals surface area (Å²) < 4.78 is 36.5. The number of nitrogens with one attached hydrogen (secondary N) is 1. The van der Waals surface area contributed by atoms with Crippen molar-refractivity contribution in [2.75, 3.05) is 30.1 Å². The van der Waals surface area contributed by atoms with Crippen LogP contribution in [0.5, 0.6) is 11.5 Å². The molecule has 6 nitrogen and oxygen atoms in total. The molecule has 1 saturated heterocycles. The van der Waals surface area contributed by atoms with E-state index in [1.54, 1.807) is 12.1 Å². The maximum atomic E-state index is 14.4. The molecule has 2 unspecified atom stereocenters. The third kappa shape index (κ3) is 3.47. The summed E-state index contributed by atoms with van der Waals surface area (Å²) in [5.41, 5.74) is 1.46. The lowest BCUT2D eigenvalue weighted by Gasteiger charge is -2.35. The van der Waals surface area contributed by atoms with Crippen LogP contribution in [-0.4, -0.2) is 30.1 Å². The summed E-state index contributed by atoms with van der Waals surface area (Å²) in [5, 5.41) is 8.81. The normalized spacial score (nSPS) is 20.1. The summed E-state index contributed by atoms with van der Waals surface area (Å²) in [6.45, 7) is 1.70. The van der Waals surface area contributed by atoms with E-state index < -0.39 is 16.8 Å². The number of ether oxygens (including phenoxy) is 2. The van der Waals surface area contributed by atoms with Gasteiger partial charge < -0.3 is 19.7 Å². The van der Waals surface area contributed by atoms with Crippen LogP contribution < -0.4 is 24.8 Å². The van der Waals surface area contributed by atoms with Crippen LogP contribution in [0.3, 0.4) is 0 Å². The second-order valence-electron chi connectivity index (χ2n) is 6.41. The Labute approximate surface area is 153 Å². The molecule has 2 aliphatic heterocycles. The molecule has 0 saturated carbocycles. The van der Waals surface area contributed by atoms with E-state index in [0.29, 0.717) is 17.1 Å². The molecule has 2 aromatic carbocycles. The molecule has 26 heavy (non-hydrogen) atoms. The average Bonchev–Trinajstić information content (AvgIpc) is 3.09. The molecule has 2 heterocycles. The van der Waals surface area contributed by atoms with E-state index in [9.17, 15) is 8.60 Å². The maximum Gasteiger partial charge on any atom is 0.231 e. The van der Waals surface area contributed by atoms with Gasteiger partial charge in [-0.05, 0) is 43.2 Å². The van der Waals surface area contributed by atoms with Crippen molar-refractivity contribution in [1.82, 2.24) is 0 Å². The predicted molar refractivity (Wildman–Crippen MR) is 98.4 cm³/mol. The summed E-state index contributed by atoms with van der Waals surface area (Å²) in [5.74, 6) is 1.09. The second kappa shape index (κ2) is 7.13. The lowest BCUT2D eigenvalue weighted by atomic mass is 10.0. The summed E-state index contributed by atoms with van der Waals surface area (Å²) in [7, 11) is -1.68. The minimum absolute atomic E-state index is 0.187. The highest BCUT2D eigenvalue weighted by Gasteiger charge is 2.23. The number of anilines is 2. The van der Waals surface area contributed by atoms with Gasteiger partial charge in [0, 0.05) is 30.9 Å². The Balaban J connectivity index is 1.47. The van der Waals surface area contributed by atoms with Gasteiger partial charge in [-0.1, -0.05) is 0 Å². The molecule has 8 heteroatoms. The van der Waals surface area contributed by atoms with Crippen molar-refractivity contribution < 1.29 is 18.1 Å². The Morgan fingerprint density at radius 1 is 1.19 bits per heavy atom. The van der Waals surface area contributed by atoms with Crippen LogP contribution >= 0.6 is 0 Å². The first-order chi connectivity index (χ1) is 12.6. The van der Waals surface area contributed by atoms with Gasteiger partial charge in [0.2, 0.25) is 6.79 Å². The molecule has 0 aromatic heterocycles. The highest BCUT2D eigenvalue weighted by molar-refractivity contribution is 7.82. The van der Waals surface area contributed by atoms with E-state index in [2.05, 4.69) is 5.32 Å². The lowest BCUT2D eigenvalue weighted by molar-refractivity contribution is 0.174. The highest BCUT2D eigenvalue weighted by atomic mass is 32.2. The third-order valence-electron chi connectivity index (χ3n) is 4.66. The van der Waals surface area contributed by atoms with Gasteiger partial charge in [0.05, 0.1) is 10.6 Å². The molecular formula is C18H20FN3O3S. The minimum atomic E-state index is -1.68. The number of fused-ring (bicyclic) bond motifs is 1. The molecular weight excluding hydrogens is 357 g/mol. The predicted octanol–water partition coefficient (Wildman–Crippen LogP) is 2.62. The number of nitrogens with zero attached hydrogens (tertiary/aromatic N) is 1. The van der Waals surface area contributed by atoms with Crippen LogP contribution in [0.2, 0.25) is 0 Å². The van der Waals surface area contributed by atoms with E-state index >= 15 is 0 Å². The number of halogens is 1. The largest absolute Gasteiger partial charge is 0.454 e. The maximum absolute atomic E-state index is 14.4. The molecule has 0 spiro atoms. The second-order valence-corrected chi connectivity index (χ2v) is 7.47. The summed E-state index contributed by atoms with van der Waals surface area (Å²) >= 11 is 0. The standard InChI is InChI=1S/C18H20FN3O3S/c19-15-9-14(26(20)23)4-5-16(15)22-7-1-2-13(10-22)21-12-3-6-17-18(8-12)25-11-24-17/h3-6,8-9,13,21H,1-2,7,10-11,20H2. The monoisotopic (exact) mass is 377 g/mol. The molecule has 138 valence electrons. The zero-order valence-corrected chi connectivity index (χ0v) is 14.9. The smallest absolute Gasteiger partial charge is 0.231 e. The topological polar surface area (TPSA) is 76.8 Å². The zero-order chi connectivity index (χ0) is 18.1. The van der Waals surface area contributed by atoms with E-state index in [4.69, 9.17) is 14.6 Å². The van der Waals surface area contributed by atoms with Crippen molar-refractivity contribution in [2.24, 2.45) is 5.14 Å². The quantitative estimate of drug-likeness (QED) is 0.857. The van der Waals surface area contributed by atoms with E-state index in [1.165, 1.54) is 6.07 Å². The third-order valence-corrected chi connectivity index (χ3v) is 5.38. The molecule has 4 rings (SSSR count). The van der Waals surface area contributed by atoms with Gasteiger partial charge in [-0.3, -0.25) is 0 Å². The number of hydrogen-bond donors (Lipinski definition) is 2. The van der Waals surface area contributed by atoms with Crippen LogP contribution in [0.4, 0.5) is 15.8 Å². The van der Waals surface area contributed by atoms with E-state index in [0.717, 1.165) is 36.6 Å². The van der Waals surface area contributed by atoms with Gasteiger partial charge in [0.25, 0.3) is 0 Å². The first-order valence-electron chi connectivity index (χ1n) is 8.47. The van der Waals surface area contributed by atoms with Crippen LogP contribution in [-0.2, 0) is 11.0 Å². The molecule has 0 bridgehead atoms. The van der Waals surface area contributed by atoms with Crippen molar-refractivity contribution in [3.63, 3.8) is 0 Å². The number of nitrogens with two attached hydrogens (primary N) is 1. The summed E-state index contributed by atoms with van der Waals surface area (Å²) in [6.07, 6.45) is 1.95. The Bertz CT molecular complexity index is 848. The molecule has 2 aromatic rings. The summed E-state index contributed by atoms with van der Waals surface area (Å²) in [4.78, 5) is 2.30. The fourth-order valence-corrected chi connectivity index (χ4v) is 3.83. The molecule has 3 N–H and O–H groups in total. The van der Waals surface area contributed by atoms with E-state index in [1.807, 2.05) is 23.1 Å². The zero-order valence-electron chi connectivity index (χ0n) is 14.1. The van der Waals surface area contributed by atoms with Crippen LogP contribution in [0.25, 0.3) is 0 Å². The van der Waals surface area contributed by atoms with Crippen molar-refractivity contribution in [3.8, 4) is 11.5 Å². The SMILES string of the molecule is NS(=O)c1ccc(N2CCCC(Nc3ccc4c(c3)OCO4)C2)c(F)c1. The fourth-order valence-electron chi connectivity index (χ4n) is 3.41. The first kappa shape index (κ1) is 17.1. The van der Waals surface area contributed by atoms with Gasteiger partial charge in [-0.2, -0.15) is 0 Å². The number of piperidine rings is 1. The first-order valence-corrected chi connectivity index (χ1v) is 9.68. The molecule has 2 atom stereocenters. The Morgan fingerprint density at radius 2 is 2.04 bits per heavy atom. The molecule has 2 aliphatic rings. The number of rotatable bonds is 4. The molecule has 1 fully saturated rings.